The first-order valence-corrected chi connectivity index (χ1v) is 6.48. The van der Waals surface area contributed by atoms with Gasteiger partial charge in [-0.25, -0.2) is 0 Å². The molecule has 1 aromatic rings. The Balaban J connectivity index is 2.16. The van der Waals surface area contributed by atoms with Gasteiger partial charge in [0.2, 0.25) is 0 Å². The molecule has 4 heteroatoms. The third-order valence-corrected chi connectivity index (χ3v) is 4.07. The molecule has 0 saturated carbocycles. The maximum atomic E-state index is 11.2. The highest BCUT2D eigenvalue weighted by Crippen LogP contribution is 2.35. The van der Waals surface area contributed by atoms with Crippen molar-refractivity contribution in [3.05, 3.63) is 34.3 Å². The normalized spacial score (nSPS) is 28.2. The second kappa shape index (κ2) is 4.78. The van der Waals surface area contributed by atoms with E-state index >= 15 is 0 Å². The van der Waals surface area contributed by atoms with Crippen molar-refractivity contribution >= 4 is 21.9 Å². The van der Waals surface area contributed by atoms with Crippen LogP contribution in [0.5, 0.6) is 0 Å². The Hall–Kier alpha value is -0.870. The van der Waals surface area contributed by atoms with Crippen molar-refractivity contribution in [1.29, 1.82) is 0 Å². The van der Waals surface area contributed by atoms with Crippen LogP contribution in [0.4, 0.5) is 0 Å². The van der Waals surface area contributed by atoms with Crippen molar-refractivity contribution in [3.8, 4) is 0 Å². The van der Waals surface area contributed by atoms with Crippen LogP contribution in [0.1, 0.15) is 12.5 Å². The predicted molar refractivity (Wildman–Crippen MR) is 69.9 cm³/mol. The van der Waals surface area contributed by atoms with Crippen LogP contribution in [0.15, 0.2) is 28.7 Å². The molecule has 2 N–H and O–H groups in total. The van der Waals surface area contributed by atoms with Crippen LogP contribution < -0.4 is 5.32 Å². The van der Waals surface area contributed by atoms with E-state index in [1.54, 1.807) is 0 Å². The molecule has 0 aliphatic carbocycles. The fourth-order valence-electron chi connectivity index (χ4n) is 2.51. The van der Waals surface area contributed by atoms with Gasteiger partial charge in [0.15, 0.2) is 0 Å². The minimum absolute atomic E-state index is 0.195. The number of benzene rings is 1. The number of halogens is 1. The zero-order chi connectivity index (χ0) is 12.5. The van der Waals surface area contributed by atoms with Crippen molar-refractivity contribution in [3.63, 3.8) is 0 Å². The summed E-state index contributed by atoms with van der Waals surface area (Å²) in [5.41, 5.74) is 0.991. The zero-order valence-electron chi connectivity index (χ0n) is 9.74. The fourth-order valence-corrected chi connectivity index (χ4v) is 2.78. The molecular weight excluding hydrogens is 282 g/mol. The highest BCUT2D eigenvalue weighted by Gasteiger charge is 2.43. The van der Waals surface area contributed by atoms with Crippen LogP contribution in [0.2, 0.25) is 0 Å². The number of rotatable bonds is 3. The molecule has 0 radical (unpaired) electrons. The van der Waals surface area contributed by atoms with Gasteiger partial charge in [-0.05, 0) is 29.5 Å². The van der Waals surface area contributed by atoms with E-state index in [1.165, 1.54) is 5.56 Å². The van der Waals surface area contributed by atoms with Crippen molar-refractivity contribution in [2.24, 2.45) is 11.3 Å². The van der Waals surface area contributed by atoms with Gasteiger partial charge in [0.1, 0.15) is 0 Å². The average Bonchev–Trinajstić information content (AvgIpc) is 2.64. The van der Waals surface area contributed by atoms with E-state index in [9.17, 15) is 9.90 Å². The standard InChI is InChI=1S/C13H16BrNO2/c1-13(8-15-7-11(13)12(16)17)6-9-2-4-10(14)5-3-9/h2-5,11,15H,6-8H2,1H3,(H,16,17). The Morgan fingerprint density at radius 1 is 1.53 bits per heavy atom. The van der Waals surface area contributed by atoms with E-state index in [1.807, 2.05) is 31.2 Å². The van der Waals surface area contributed by atoms with Gasteiger partial charge in [0.05, 0.1) is 5.92 Å². The number of carbonyl (C=O) groups is 1. The monoisotopic (exact) mass is 297 g/mol. The molecule has 1 saturated heterocycles. The van der Waals surface area contributed by atoms with Gasteiger partial charge >= 0.3 is 5.97 Å². The van der Waals surface area contributed by atoms with E-state index in [4.69, 9.17) is 0 Å². The lowest BCUT2D eigenvalue weighted by molar-refractivity contribution is -0.144. The second-order valence-electron chi connectivity index (χ2n) is 4.98. The maximum Gasteiger partial charge on any atom is 0.308 e. The minimum Gasteiger partial charge on any atom is -0.481 e. The molecule has 0 spiro atoms. The van der Waals surface area contributed by atoms with Crippen molar-refractivity contribution < 1.29 is 9.90 Å². The molecule has 2 rings (SSSR count). The summed E-state index contributed by atoms with van der Waals surface area (Å²) in [5, 5.41) is 12.4. The Morgan fingerprint density at radius 2 is 2.18 bits per heavy atom. The maximum absolute atomic E-state index is 11.2. The summed E-state index contributed by atoms with van der Waals surface area (Å²) < 4.78 is 1.05. The number of nitrogens with one attached hydrogen (secondary N) is 1. The largest absolute Gasteiger partial charge is 0.481 e. The van der Waals surface area contributed by atoms with E-state index in [0.29, 0.717) is 6.54 Å². The summed E-state index contributed by atoms with van der Waals surface area (Å²) in [6, 6.07) is 8.09. The van der Waals surface area contributed by atoms with Gasteiger partial charge in [0.25, 0.3) is 0 Å². The molecule has 1 heterocycles. The van der Waals surface area contributed by atoms with E-state index in [0.717, 1.165) is 17.4 Å². The highest BCUT2D eigenvalue weighted by molar-refractivity contribution is 9.10. The summed E-state index contributed by atoms with van der Waals surface area (Å²) >= 11 is 3.40. The molecule has 2 unspecified atom stereocenters. The summed E-state index contributed by atoms with van der Waals surface area (Å²) in [4.78, 5) is 11.2. The van der Waals surface area contributed by atoms with Gasteiger partial charge in [-0.1, -0.05) is 35.0 Å². The first-order valence-electron chi connectivity index (χ1n) is 5.69. The molecule has 0 aromatic heterocycles. The summed E-state index contributed by atoms with van der Waals surface area (Å²) in [6.07, 6.45) is 0.796. The van der Waals surface area contributed by atoms with E-state index < -0.39 is 5.97 Å². The van der Waals surface area contributed by atoms with Crippen LogP contribution in [-0.2, 0) is 11.2 Å². The van der Waals surface area contributed by atoms with Crippen LogP contribution in [0.25, 0.3) is 0 Å². The molecule has 1 fully saturated rings. The number of hydrogen-bond donors (Lipinski definition) is 2. The number of carboxylic acid groups (broad SMARTS) is 1. The first kappa shape index (κ1) is 12.6. The fraction of sp³-hybridized carbons (Fsp3) is 0.462. The summed E-state index contributed by atoms with van der Waals surface area (Å²) in [7, 11) is 0. The first-order chi connectivity index (χ1) is 8.01. The Labute approximate surface area is 109 Å². The number of hydrogen-bond acceptors (Lipinski definition) is 2. The van der Waals surface area contributed by atoms with Crippen molar-refractivity contribution in [1.82, 2.24) is 5.32 Å². The SMILES string of the molecule is CC1(Cc2ccc(Br)cc2)CNCC1C(=O)O. The quantitative estimate of drug-likeness (QED) is 0.900. The Morgan fingerprint density at radius 3 is 2.76 bits per heavy atom. The molecule has 1 aromatic carbocycles. The Bertz CT molecular complexity index is 418. The topological polar surface area (TPSA) is 49.3 Å². The Kier molecular flexibility index (Phi) is 3.54. The molecule has 92 valence electrons. The molecule has 3 nitrogen and oxygen atoms in total. The molecular formula is C13H16BrNO2. The minimum atomic E-state index is -0.699. The molecule has 0 bridgehead atoms. The van der Waals surface area contributed by atoms with E-state index in [-0.39, 0.29) is 11.3 Å². The smallest absolute Gasteiger partial charge is 0.308 e. The molecule has 1 aliphatic rings. The molecule has 1 aliphatic heterocycles. The number of aliphatic carboxylic acids is 1. The van der Waals surface area contributed by atoms with Gasteiger partial charge in [-0.3, -0.25) is 4.79 Å². The van der Waals surface area contributed by atoms with E-state index in [2.05, 4.69) is 21.2 Å². The van der Waals surface area contributed by atoms with Crippen LogP contribution in [0.3, 0.4) is 0 Å². The third kappa shape index (κ3) is 2.69. The van der Waals surface area contributed by atoms with Crippen LogP contribution >= 0.6 is 15.9 Å². The highest BCUT2D eigenvalue weighted by atomic mass is 79.9. The van der Waals surface area contributed by atoms with Gasteiger partial charge in [0, 0.05) is 17.6 Å². The summed E-state index contributed by atoms with van der Waals surface area (Å²) in [5.74, 6) is -0.999. The van der Waals surface area contributed by atoms with Crippen molar-refractivity contribution in [2.75, 3.05) is 13.1 Å². The van der Waals surface area contributed by atoms with Gasteiger partial charge in [-0.2, -0.15) is 0 Å². The van der Waals surface area contributed by atoms with Gasteiger partial charge in [-0.15, -0.1) is 0 Å². The van der Waals surface area contributed by atoms with Crippen molar-refractivity contribution in [2.45, 2.75) is 13.3 Å². The third-order valence-electron chi connectivity index (χ3n) is 3.54. The van der Waals surface area contributed by atoms with Crippen LogP contribution in [-0.4, -0.2) is 24.2 Å². The lowest BCUT2D eigenvalue weighted by Crippen LogP contribution is -2.34. The van der Waals surface area contributed by atoms with Gasteiger partial charge < -0.3 is 10.4 Å². The number of carboxylic acids is 1. The lowest BCUT2D eigenvalue weighted by atomic mass is 9.75. The lowest BCUT2D eigenvalue weighted by Gasteiger charge is -2.28. The van der Waals surface area contributed by atoms with Crippen LogP contribution in [0, 0.1) is 11.3 Å². The average molecular weight is 298 g/mol. The second-order valence-corrected chi connectivity index (χ2v) is 5.89. The summed E-state index contributed by atoms with van der Waals surface area (Å²) in [6.45, 7) is 3.39. The molecule has 17 heavy (non-hydrogen) atoms. The molecule has 2 atom stereocenters. The predicted octanol–water partition coefficient (Wildman–Crippen LogP) is 2.30. The molecule has 0 amide bonds. The zero-order valence-corrected chi connectivity index (χ0v) is 11.3.